The summed E-state index contributed by atoms with van der Waals surface area (Å²) in [4.78, 5) is 4.35. The normalized spacial score (nSPS) is 11.5. The van der Waals surface area contributed by atoms with Gasteiger partial charge in [0, 0.05) is 23.0 Å². The van der Waals surface area contributed by atoms with Crippen LogP contribution in [-0.4, -0.2) is 27.7 Å². The van der Waals surface area contributed by atoms with E-state index in [2.05, 4.69) is 72.7 Å². The Morgan fingerprint density at radius 1 is 0.839 bits per heavy atom. The first kappa shape index (κ1) is 23.0. The number of nitrogens with one attached hydrogen (secondary N) is 1. The van der Waals surface area contributed by atoms with Crippen molar-refractivity contribution in [3.63, 3.8) is 0 Å². The van der Waals surface area contributed by atoms with Gasteiger partial charge < -0.3 is 14.9 Å². The molecule has 1 aromatic heterocycles. The monoisotopic (exact) mass is 418 g/mol. The van der Waals surface area contributed by atoms with Crippen molar-refractivity contribution >= 4 is 11.4 Å². The molecule has 0 saturated carbocycles. The molecule has 0 fully saturated rings. The van der Waals surface area contributed by atoms with E-state index in [1.165, 1.54) is 11.1 Å². The number of hydrogen-bond acceptors (Lipinski definition) is 3. The molecule has 0 saturated heterocycles. The number of aromatic nitrogens is 1. The highest BCUT2D eigenvalue weighted by Crippen LogP contribution is 2.24. The Morgan fingerprint density at radius 2 is 1.52 bits per heavy atom. The Kier molecular flexibility index (Phi) is 8.21. The van der Waals surface area contributed by atoms with Gasteiger partial charge in [0.25, 0.3) is 0 Å². The molecule has 3 rings (SSSR count). The van der Waals surface area contributed by atoms with Crippen LogP contribution in [0.1, 0.15) is 49.1 Å². The molecule has 4 nitrogen and oxygen atoms in total. The van der Waals surface area contributed by atoms with E-state index in [1.807, 2.05) is 25.3 Å². The second kappa shape index (κ2) is 11.1. The summed E-state index contributed by atoms with van der Waals surface area (Å²) in [5.41, 5.74) is 6.77. The third-order valence-corrected chi connectivity index (χ3v) is 5.85. The Balaban J connectivity index is 1.79. The summed E-state index contributed by atoms with van der Waals surface area (Å²) in [5, 5.41) is 13.0. The third-order valence-electron chi connectivity index (χ3n) is 5.85. The number of benzene rings is 2. The molecule has 0 spiro atoms. The van der Waals surface area contributed by atoms with E-state index in [9.17, 15) is 5.11 Å². The lowest BCUT2D eigenvalue weighted by Crippen LogP contribution is -2.47. The fourth-order valence-corrected chi connectivity index (χ4v) is 4.50. The lowest BCUT2D eigenvalue weighted by atomic mass is 10.1. The molecule has 0 aliphatic carbocycles. The number of pyridine rings is 1. The Morgan fingerprint density at radius 3 is 2.16 bits per heavy atom. The first-order valence-corrected chi connectivity index (χ1v) is 11.4. The Labute approximate surface area is 187 Å². The fraction of sp³-hybridized carbons (Fsp3) is 0.370. The van der Waals surface area contributed by atoms with E-state index in [0.29, 0.717) is 0 Å². The van der Waals surface area contributed by atoms with E-state index in [1.54, 1.807) is 0 Å². The fourth-order valence-electron chi connectivity index (χ4n) is 4.50. The maximum atomic E-state index is 9.54. The number of rotatable bonds is 11. The summed E-state index contributed by atoms with van der Waals surface area (Å²) in [7, 11) is 0. The zero-order valence-corrected chi connectivity index (χ0v) is 19.1. The minimum atomic E-state index is 0.0975. The maximum absolute atomic E-state index is 9.54. The topological polar surface area (TPSA) is 45.2 Å². The highest BCUT2D eigenvalue weighted by molar-refractivity contribution is 5.61. The smallest absolute Gasteiger partial charge is 0.105 e. The number of hydrogen-bond donors (Lipinski definition) is 2. The van der Waals surface area contributed by atoms with Crippen LogP contribution in [0.25, 0.3) is 0 Å². The first-order valence-electron chi connectivity index (χ1n) is 11.4. The SMILES string of the molecule is CCC[N+](CCC)(Cc1ccc(Nc2cccnc2C)cc1)Cc1cccc(CO)c1. The van der Waals surface area contributed by atoms with Crippen molar-refractivity contribution in [2.24, 2.45) is 0 Å². The summed E-state index contributed by atoms with van der Waals surface area (Å²) < 4.78 is 1.04. The molecule has 0 radical (unpaired) electrons. The molecule has 31 heavy (non-hydrogen) atoms. The first-order chi connectivity index (χ1) is 15.1. The lowest BCUT2D eigenvalue weighted by Gasteiger charge is -2.39. The van der Waals surface area contributed by atoms with Crippen LogP contribution in [0.2, 0.25) is 0 Å². The van der Waals surface area contributed by atoms with Gasteiger partial charge in [0.15, 0.2) is 0 Å². The Bertz CT molecular complexity index is 947. The second-order valence-corrected chi connectivity index (χ2v) is 8.54. The molecule has 1 heterocycles. The van der Waals surface area contributed by atoms with Gasteiger partial charge in [0.1, 0.15) is 13.1 Å². The van der Waals surface area contributed by atoms with Gasteiger partial charge in [-0.2, -0.15) is 0 Å². The minimum absolute atomic E-state index is 0.0975. The van der Waals surface area contributed by atoms with Crippen LogP contribution in [-0.2, 0) is 19.7 Å². The van der Waals surface area contributed by atoms with Crippen molar-refractivity contribution in [3.8, 4) is 0 Å². The highest BCUT2D eigenvalue weighted by atomic mass is 16.3. The molecule has 0 aliphatic rings. The molecule has 0 unspecified atom stereocenters. The predicted octanol–water partition coefficient (Wildman–Crippen LogP) is 5.96. The van der Waals surface area contributed by atoms with Crippen molar-refractivity contribution in [3.05, 3.63) is 89.2 Å². The average molecular weight is 419 g/mol. The number of quaternary nitrogens is 1. The molecular weight excluding hydrogens is 382 g/mol. The van der Waals surface area contributed by atoms with Crippen LogP contribution in [0, 0.1) is 6.92 Å². The maximum Gasteiger partial charge on any atom is 0.105 e. The summed E-state index contributed by atoms with van der Waals surface area (Å²) >= 11 is 0. The van der Waals surface area contributed by atoms with Gasteiger partial charge in [-0.15, -0.1) is 0 Å². The number of aliphatic hydroxyl groups excluding tert-OH is 1. The zero-order chi connectivity index (χ0) is 22.1. The molecule has 3 aromatic rings. The summed E-state index contributed by atoms with van der Waals surface area (Å²) in [6, 6.07) is 21.2. The molecule has 164 valence electrons. The predicted molar refractivity (Wildman–Crippen MR) is 129 cm³/mol. The van der Waals surface area contributed by atoms with Crippen molar-refractivity contribution in [1.82, 2.24) is 4.98 Å². The number of aliphatic hydroxyl groups is 1. The largest absolute Gasteiger partial charge is 0.392 e. The molecular formula is C27H36N3O+. The second-order valence-electron chi connectivity index (χ2n) is 8.54. The van der Waals surface area contributed by atoms with Crippen molar-refractivity contribution in [2.45, 2.75) is 53.3 Å². The van der Waals surface area contributed by atoms with Crippen LogP contribution in [0.3, 0.4) is 0 Å². The molecule has 0 aliphatic heterocycles. The van der Waals surface area contributed by atoms with Crippen LogP contribution >= 0.6 is 0 Å². The molecule has 0 amide bonds. The van der Waals surface area contributed by atoms with Gasteiger partial charge >= 0.3 is 0 Å². The minimum Gasteiger partial charge on any atom is -0.392 e. The Hall–Kier alpha value is -2.69. The van der Waals surface area contributed by atoms with Crippen molar-refractivity contribution in [1.29, 1.82) is 0 Å². The van der Waals surface area contributed by atoms with Crippen LogP contribution in [0.5, 0.6) is 0 Å². The summed E-state index contributed by atoms with van der Waals surface area (Å²) in [6.07, 6.45) is 4.12. The van der Waals surface area contributed by atoms with Gasteiger partial charge in [0.05, 0.1) is 31.1 Å². The van der Waals surface area contributed by atoms with Gasteiger partial charge in [0.2, 0.25) is 0 Å². The van der Waals surface area contributed by atoms with Gasteiger partial charge in [-0.3, -0.25) is 4.98 Å². The molecule has 0 bridgehead atoms. The lowest BCUT2D eigenvalue weighted by molar-refractivity contribution is -0.953. The molecule has 2 N–H and O–H groups in total. The van der Waals surface area contributed by atoms with Crippen molar-refractivity contribution < 1.29 is 9.59 Å². The molecule has 4 heteroatoms. The molecule has 2 aromatic carbocycles. The van der Waals surface area contributed by atoms with Crippen LogP contribution in [0.4, 0.5) is 11.4 Å². The van der Waals surface area contributed by atoms with E-state index >= 15 is 0 Å². The van der Waals surface area contributed by atoms with Crippen LogP contribution in [0.15, 0.2) is 66.9 Å². The van der Waals surface area contributed by atoms with Gasteiger partial charge in [-0.1, -0.05) is 44.2 Å². The van der Waals surface area contributed by atoms with Gasteiger partial charge in [-0.05, 0) is 55.7 Å². The summed E-state index contributed by atoms with van der Waals surface area (Å²) in [6.45, 7) is 11.0. The van der Waals surface area contributed by atoms with Crippen molar-refractivity contribution in [2.75, 3.05) is 18.4 Å². The number of aryl methyl sites for hydroxylation is 1. The van der Waals surface area contributed by atoms with E-state index in [0.717, 1.165) is 66.1 Å². The zero-order valence-electron chi connectivity index (χ0n) is 19.1. The average Bonchev–Trinajstić information content (AvgIpc) is 2.77. The molecule has 0 atom stereocenters. The van der Waals surface area contributed by atoms with Crippen LogP contribution < -0.4 is 5.32 Å². The van der Waals surface area contributed by atoms with E-state index < -0.39 is 0 Å². The standard InChI is InChI=1S/C27H36N3O/c1-4-16-30(17-5-2,20-24-8-6-9-25(18-24)21-31)19-23-11-13-26(14-12-23)29-27-10-7-15-28-22(27)3/h6-15,18,29,31H,4-5,16-17,19-21H2,1-3H3/q+1. The van der Waals surface area contributed by atoms with E-state index in [4.69, 9.17) is 0 Å². The number of anilines is 2. The number of nitrogens with zero attached hydrogens (tertiary/aromatic N) is 2. The highest BCUT2D eigenvalue weighted by Gasteiger charge is 2.26. The summed E-state index contributed by atoms with van der Waals surface area (Å²) in [5.74, 6) is 0. The quantitative estimate of drug-likeness (QED) is 0.378. The van der Waals surface area contributed by atoms with E-state index in [-0.39, 0.29) is 6.61 Å². The third kappa shape index (κ3) is 6.39. The van der Waals surface area contributed by atoms with Gasteiger partial charge in [-0.25, -0.2) is 0 Å².